The van der Waals surface area contributed by atoms with Crippen LogP contribution in [0.2, 0.25) is 0 Å². The molecule has 3 aliphatic heterocycles. The van der Waals surface area contributed by atoms with Gasteiger partial charge in [0.25, 0.3) is 17.7 Å². The number of piperidine rings is 1. The van der Waals surface area contributed by atoms with Gasteiger partial charge in [-0.2, -0.15) is 17.0 Å². The minimum atomic E-state index is -3.18. The summed E-state index contributed by atoms with van der Waals surface area (Å²) in [5.41, 5.74) is 1.86. The van der Waals surface area contributed by atoms with Crippen molar-refractivity contribution in [2.24, 2.45) is 5.92 Å². The number of rotatable bonds is 34. The van der Waals surface area contributed by atoms with E-state index in [4.69, 9.17) is 4.74 Å². The molecule has 3 saturated heterocycles. The van der Waals surface area contributed by atoms with Crippen molar-refractivity contribution in [3.05, 3.63) is 69.4 Å². The van der Waals surface area contributed by atoms with Gasteiger partial charge in [-0.1, -0.05) is 18.6 Å². The quantitative estimate of drug-likeness (QED) is 0.0315. The number of aliphatic carboxylic acids is 3. The molecule has 26 nitrogen and oxygen atoms in total. The predicted octanol–water partition coefficient (Wildman–Crippen LogP) is 2.60. The lowest BCUT2D eigenvalue weighted by molar-refractivity contribution is -0.140. The molecule has 93 heavy (non-hydrogen) atoms. The molecule has 510 valence electrons. The van der Waals surface area contributed by atoms with E-state index in [0.29, 0.717) is 80.2 Å². The number of thioether (sulfide) groups is 1. The zero-order valence-electron chi connectivity index (χ0n) is 52.3. The van der Waals surface area contributed by atoms with Crippen LogP contribution in [0.3, 0.4) is 0 Å². The Kier molecular flexibility index (Phi) is 31.6. The van der Waals surface area contributed by atoms with Crippen molar-refractivity contribution in [1.29, 1.82) is 5.26 Å². The van der Waals surface area contributed by atoms with Gasteiger partial charge in [0.05, 0.1) is 63.0 Å². The molecule has 3 atom stereocenters. The number of aliphatic hydroxyl groups excluding tert-OH is 1. The van der Waals surface area contributed by atoms with Gasteiger partial charge in [0, 0.05) is 118 Å². The first-order valence-electron chi connectivity index (χ1n) is 31.6. The fourth-order valence-electron chi connectivity index (χ4n) is 11.4. The van der Waals surface area contributed by atoms with Crippen LogP contribution in [0.25, 0.3) is 10.9 Å². The normalized spacial score (nSPS) is 17.9. The second-order valence-electron chi connectivity index (χ2n) is 23.7. The monoisotopic (exact) mass is 1430 g/mol. The lowest BCUT2D eigenvalue weighted by Gasteiger charge is -2.33. The summed E-state index contributed by atoms with van der Waals surface area (Å²) in [6.45, 7) is 0.906. The average molecular weight is 1430 g/mol. The number of carbonyl (C=O) groups is 9. The summed E-state index contributed by atoms with van der Waals surface area (Å²) >= 11 is 3.53. The maximum atomic E-state index is 13.9. The third kappa shape index (κ3) is 27.2. The Bertz CT molecular complexity index is 3000. The number of benzene rings is 2. The van der Waals surface area contributed by atoms with Crippen LogP contribution in [0.1, 0.15) is 86.6 Å². The standard InChI is InChI=1S/C63H87F2IN12O14S/c64-63(65)35-47(36-67)78(43-63)56(82)37-71-60(89)49-16-20-68-51-15-14-48(34-50(49)51)92-32-4-2-6-45-17-22-77(23-18-45)62(91)53(79)42-93-33-21-70-61(90)52(8-1-3-19-69-54(80)9-5-7-44-10-12-46(66)13-11-44)72-55(81)38-73-24-26-74(39-57(83)84)28-30-76(41-59(87)88)31-29-75(27-25-73)40-58(85)86/h10-16,20,34,45,47,52-53,79H,1-9,17-19,21-33,35,37-43H2,(H,69,80)(H,70,90)(H,71,89)(H,72,81)(H,83,84)(H,85,86)(H,87,88)/t47-,52+,53-/m1/s1. The molecular weight excluding hydrogens is 1350 g/mol. The van der Waals surface area contributed by atoms with E-state index in [1.165, 1.54) is 24.0 Å². The Balaban J connectivity index is 0.922. The maximum Gasteiger partial charge on any atom is 0.317 e. The lowest BCUT2D eigenvalue weighted by Crippen LogP contribution is -2.52. The number of nitriles is 1. The molecule has 1 aromatic heterocycles. The van der Waals surface area contributed by atoms with Crippen LogP contribution in [-0.2, 0) is 44.8 Å². The molecule has 0 unspecified atom stereocenters. The summed E-state index contributed by atoms with van der Waals surface area (Å²) in [6, 6.07) is 14.2. The van der Waals surface area contributed by atoms with Crippen LogP contribution < -0.4 is 26.0 Å². The fraction of sp³-hybridized carbons (Fsp3) is 0.603. The number of nitrogens with one attached hydrogen (secondary N) is 4. The number of carboxylic acid groups (broad SMARTS) is 3. The molecule has 8 N–H and O–H groups in total. The Hall–Kier alpha value is -6.89. The van der Waals surface area contributed by atoms with Crippen LogP contribution in [0.15, 0.2) is 54.7 Å². The smallest absolute Gasteiger partial charge is 0.317 e. The van der Waals surface area contributed by atoms with Gasteiger partial charge in [-0.05, 0) is 128 Å². The second kappa shape index (κ2) is 39.1. The van der Waals surface area contributed by atoms with Gasteiger partial charge in [0.15, 0.2) is 0 Å². The molecule has 3 aromatic rings. The largest absolute Gasteiger partial charge is 0.494 e. The summed E-state index contributed by atoms with van der Waals surface area (Å²) in [6.07, 6.45) is 6.46. The number of nitrogens with zero attached hydrogens (tertiary/aromatic N) is 8. The van der Waals surface area contributed by atoms with Crippen LogP contribution >= 0.6 is 34.4 Å². The number of pyridine rings is 1. The number of fused-ring (bicyclic) bond motifs is 1. The van der Waals surface area contributed by atoms with Gasteiger partial charge in [-0.15, -0.1) is 0 Å². The minimum absolute atomic E-state index is 0.0892. The first-order valence-corrected chi connectivity index (χ1v) is 33.8. The molecule has 3 aliphatic rings. The van der Waals surface area contributed by atoms with E-state index in [2.05, 4.69) is 48.8 Å². The van der Waals surface area contributed by atoms with Crippen LogP contribution in [0, 0.1) is 20.8 Å². The van der Waals surface area contributed by atoms with E-state index in [1.54, 1.807) is 48.8 Å². The molecular formula is C63H87F2IN12O14S. The summed E-state index contributed by atoms with van der Waals surface area (Å²) in [7, 11) is 0. The van der Waals surface area contributed by atoms with Gasteiger partial charge in [0.1, 0.15) is 23.9 Å². The summed E-state index contributed by atoms with van der Waals surface area (Å²) < 4.78 is 35.0. The first-order chi connectivity index (χ1) is 44.5. The number of amides is 6. The van der Waals surface area contributed by atoms with Crippen molar-refractivity contribution < 1.29 is 77.1 Å². The molecule has 30 heteroatoms. The molecule has 6 amide bonds. The van der Waals surface area contributed by atoms with E-state index in [9.17, 15) is 77.6 Å². The number of ether oxygens (including phenoxy) is 1. The molecule has 3 fully saturated rings. The van der Waals surface area contributed by atoms with Crippen molar-refractivity contribution in [1.82, 2.24) is 55.7 Å². The third-order valence-electron chi connectivity index (χ3n) is 16.5. The fourth-order valence-corrected chi connectivity index (χ4v) is 12.5. The van der Waals surface area contributed by atoms with E-state index in [0.717, 1.165) is 52.6 Å². The number of carboxylic acids is 3. The average Bonchev–Trinajstić information content (AvgIpc) is 1.76. The molecule has 0 aliphatic carbocycles. The highest BCUT2D eigenvalue weighted by Gasteiger charge is 2.47. The minimum Gasteiger partial charge on any atom is -0.494 e. The number of hydrogen-bond donors (Lipinski definition) is 8. The Labute approximate surface area is 558 Å². The number of likely N-dealkylation sites (tertiary alicyclic amines) is 2. The number of aromatic nitrogens is 1. The summed E-state index contributed by atoms with van der Waals surface area (Å²) in [5, 5.41) is 60.7. The zero-order chi connectivity index (χ0) is 67.3. The molecule has 0 spiro atoms. The molecule has 0 radical (unpaired) electrons. The van der Waals surface area contributed by atoms with Gasteiger partial charge >= 0.3 is 17.9 Å². The molecule has 2 aromatic carbocycles. The number of halogens is 3. The van der Waals surface area contributed by atoms with E-state index in [-0.39, 0.29) is 115 Å². The number of alkyl halides is 2. The van der Waals surface area contributed by atoms with E-state index < -0.39 is 85.2 Å². The van der Waals surface area contributed by atoms with Gasteiger partial charge < -0.3 is 56.2 Å². The second-order valence-corrected chi connectivity index (χ2v) is 26.1. The molecule has 0 saturated carbocycles. The van der Waals surface area contributed by atoms with Gasteiger partial charge in [-0.25, -0.2) is 8.78 Å². The predicted molar refractivity (Wildman–Crippen MR) is 349 cm³/mol. The number of unbranched alkanes of at least 4 members (excludes halogenated alkanes) is 2. The molecule has 6 rings (SSSR count). The topological polar surface area (TPSA) is 348 Å². The number of aryl methyl sites for hydroxylation is 1. The highest BCUT2D eigenvalue weighted by Crippen LogP contribution is 2.32. The lowest BCUT2D eigenvalue weighted by atomic mass is 9.91. The Morgan fingerprint density at radius 2 is 1.37 bits per heavy atom. The summed E-state index contributed by atoms with van der Waals surface area (Å²) in [4.78, 5) is 128. The van der Waals surface area contributed by atoms with E-state index >= 15 is 0 Å². The summed E-state index contributed by atoms with van der Waals surface area (Å²) in [5.74, 6) is -7.94. The van der Waals surface area contributed by atoms with Gasteiger partial charge in [-0.3, -0.25) is 67.7 Å². The Morgan fingerprint density at radius 1 is 0.742 bits per heavy atom. The van der Waals surface area contributed by atoms with Crippen LogP contribution in [0.5, 0.6) is 5.75 Å². The molecule has 0 bridgehead atoms. The van der Waals surface area contributed by atoms with Crippen molar-refractivity contribution in [2.75, 3.05) is 136 Å². The number of carbonyl (C=O) groups excluding carboxylic acids is 6. The highest BCUT2D eigenvalue weighted by atomic mass is 127. The third-order valence-corrected chi connectivity index (χ3v) is 18.2. The van der Waals surface area contributed by atoms with Crippen LogP contribution in [0.4, 0.5) is 8.78 Å². The zero-order valence-corrected chi connectivity index (χ0v) is 55.3. The molecule has 4 heterocycles. The van der Waals surface area contributed by atoms with Crippen LogP contribution in [-0.4, -0.2) is 268 Å². The number of hydrogen-bond acceptors (Lipinski definition) is 18. The highest BCUT2D eigenvalue weighted by molar-refractivity contribution is 14.1. The SMILES string of the molecule is N#C[C@H]1CC(F)(F)CN1C(=O)CNC(=O)c1ccnc2ccc(OCCCCC3CCN(C(=O)[C@H](O)CSCCNC(=O)[C@H](CCCCNC(=O)CCCc4ccc(I)cc4)NC(=O)CN4CCN(CC(=O)O)CCN(CC(=O)O)CCN(CC(=O)O)CC4)CC3)cc12. The van der Waals surface area contributed by atoms with Crippen molar-refractivity contribution in [3.8, 4) is 11.8 Å². The van der Waals surface area contributed by atoms with Gasteiger partial charge in [0.2, 0.25) is 23.6 Å². The van der Waals surface area contributed by atoms with E-state index in [1.807, 2.05) is 24.3 Å². The first kappa shape index (κ1) is 75.1. The number of aliphatic hydroxyl groups is 1. The van der Waals surface area contributed by atoms with Crippen molar-refractivity contribution in [3.63, 3.8) is 0 Å². The van der Waals surface area contributed by atoms with Crippen molar-refractivity contribution in [2.45, 2.75) is 101 Å². The van der Waals surface area contributed by atoms with Crippen molar-refractivity contribution >= 4 is 98.6 Å². The Morgan fingerprint density at radius 3 is 1.98 bits per heavy atom. The maximum absolute atomic E-state index is 13.9.